The van der Waals surface area contributed by atoms with Gasteiger partial charge in [-0.15, -0.1) is 0 Å². The molecule has 6 heteroatoms. The Kier molecular flexibility index (Phi) is 7.27. The lowest BCUT2D eigenvalue weighted by molar-refractivity contribution is 0.732. The van der Waals surface area contributed by atoms with E-state index in [0.29, 0.717) is 0 Å². The maximum Gasteiger partial charge on any atom is 0.187 e. The van der Waals surface area contributed by atoms with E-state index in [-0.39, 0.29) is 10.1 Å². The highest BCUT2D eigenvalue weighted by atomic mass is 35.6. The van der Waals surface area contributed by atoms with Crippen molar-refractivity contribution < 1.29 is 0 Å². The highest BCUT2D eigenvalue weighted by Gasteiger charge is 2.74. The largest absolute Gasteiger partial charge is 0.187 e. The molecule has 2 unspecified atom stereocenters. The molecular weight excluding hydrogens is 472 g/mol. The van der Waals surface area contributed by atoms with E-state index in [2.05, 4.69) is 128 Å². The van der Waals surface area contributed by atoms with Crippen molar-refractivity contribution in [1.82, 2.24) is 0 Å². The van der Waals surface area contributed by atoms with Crippen LogP contribution in [0.3, 0.4) is 0 Å². The normalized spacial score (nSPS) is 17.9. The fourth-order valence-corrected chi connectivity index (χ4v) is 94.1. The second-order valence-electron chi connectivity index (χ2n) is 11.8. The van der Waals surface area contributed by atoms with E-state index in [9.17, 15) is 0 Å². The van der Waals surface area contributed by atoms with Crippen molar-refractivity contribution >= 4 is 60.6 Å². The predicted octanol–water partition coefficient (Wildman–Crippen LogP) is 7.42. The first-order chi connectivity index (χ1) is 13.5. The molecule has 2 aromatic rings. The fourth-order valence-electron chi connectivity index (χ4n) is 4.35. The lowest BCUT2D eigenvalue weighted by atomic mass is 10.2. The van der Waals surface area contributed by atoms with Crippen molar-refractivity contribution in [3.8, 4) is 0 Å². The van der Waals surface area contributed by atoms with Crippen LogP contribution in [0.15, 0.2) is 60.7 Å². The third kappa shape index (κ3) is 3.79. The standard InChI is InChI=1S/C24H40Cl2Si4/c1-23(2,3)27(7,8)29(25,21-17-13-11-14-18-21)30(26,22-19-15-12-16-20-22)28(9,10)24(4,5)6/h11-20H,1-10H3. The maximum absolute atomic E-state index is 8.34. The van der Waals surface area contributed by atoms with Gasteiger partial charge in [0.15, 0.2) is 12.8 Å². The molecule has 30 heavy (non-hydrogen) atoms. The Labute approximate surface area is 198 Å². The Balaban J connectivity index is 3.10. The van der Waals surface area contributed by atoms with E-state index in [1.54, 1.807) is 0 Å². The molecule has 0 N–H and O–H groups in total. The summed E-state index contributed by atoms with van der Waals surface area (Å²) in [5.74, 6) is 0. The van der Waals surface area contributed by atoms with Crippen LogP contribution in [0.1, 0.15) is 41.5 Å². The molecule has 0 radical (unpaired) electrons. The zero-order valence-electron chi connectivity index (χ0n) is 20.5. The van der Waals surface area contributed by atoms with Crippen LogP contribution in [0, 0.1) is 0 Å². The third-order valence-corrected chi connectivity index (χ3v) is 82.5. The van der Waals surface area contributed by atoms with Gasteiger partial charge >= 0.3 is 0 Å². The van der Waals surface area contributed by atoms with E-state index in [0.717, 1.165) is 0 Å². The van der Waals surface area contributed by atoms with Gasteiger partial charge in [0, 0.05) is 0 Å². The van der Waals surface area contributed by atoms with Crippen molar-refractivity contribution in [3.05, 3.63) is 60.7 Å². The second-order valence-corrected chi connectivity index (χ2v) is 51.8. The SMILES string of the molecule is CC(C)(C)[Si](C)(C)[Si](Cl)(c1ccccc1)[Si](Cl)(c1ccccc1)[Si](C)(C)C(C)(C)C. The Bertz CT molecular complexity index is 781. The predicted molar refractivity (Wildman–Crippen MR) is 150 cm³/mol. The molecule has 2 rings (SSSR count). The highest BCUT2D eigenvalue weighted by Crippen LogP contribution is 2.54. The van der Waals surface area contributed by atoms with Crippen molar-refractivity contribution in [3.63, 3.8) is 0 Å². The summed E-state index contributed by atoms with van der Waals surface area (Å²) in [7, 11) is -4.07. The van der Waals surface area contributed by atoms with Crippen molar-refractivity contribution in [2.45, 2.75) is 77.8 Å². The molecule has 0 spiro atoms. The Morgan fingerprint density at radius 3 is 0.933 bits per heavy atom. The van der Waals surface area contributed by atoms with Crippen LogP contribution in [-0.4, -0.2) is 28.0 Å². The van der Waals surface area contributed by atoms with Crippen LogP contribution >= 0.6 is 22.2 Å². The Morgan fingerprint density at radius 2 is 0.733 bits per heavy atom. The van der Waals surface area contributed by atoms with Gasteiger partial charge in [0.25, 0.3) is 0 Å². The van der Waals surface area contributed by atoms with Gasteiger partial charge in [-0.2, -0.15) is 22.2 Å². The molecule has 0 saturated carbocycles. The average molecular weight is 512 g/mol. The molecule has 0 heterocycles. The number of benzene rings is 2. The van der Waals surface area contributed by atoms with Gasteiger partial charge < -0.3 is 0 Å². The number of hydrogen-bond donors (Lipinski definition) is 0. The molecule has 0 amide bonds. The lowest BCUT2D eigenvalue weighted by Crippen LogP contribution is -2.90. The van der Waals surface area contributed by atoms with E-state index in [4.69, 9.17) is 22.2 Å². The van der Waals surface area contributed by atoms with Gasteiger partial charge in [-0.25, -0.2) is 0 Å². The minimum atomic E-state index is -2.65. The van der Waals surface area contributed by atoms with Crippen LogP contribution < -0.4 is 10.4 Å². The van der Waals surface area contributed by atoms with Gasteiger partial charge in [0.1, 0.15) is 0 Å². The topological polar surface area (TPSA) is 0 Å². The number of halogens is 2. The molecule has 2 aromatic carbocycles. The molecule has 0 nitrogen and oxygen atoms in total. The zero-order valence-corrected chi connectivity index (χ0v) is 26.0. The molecular formula is C24H40Cl2Si4. The Hall–Kier alpha value is -0.112. The molecule has 166 valence electrons. The summed E-state index contributed by atoms with van der Waals surface area (Å²) in [6.07, 6.45) is -5.30. The van der Waals surface area contributed by atoms with E-state index < -0.39 is 28.0 Å². The van der Waals surface area contributed by atoms with Crippen LogP contribution in [0.2, 0.25) is 36.3 Å². The molecule has 0 aliphatic heterocycles. The van der Waals surface area contributed by atoms with Gasteiger partial charge in [0.2, 0.25) is 0 Å². The molecule has 2 atom stereocenters. The third-order valence-electron chi connectivity index (χ3n) is 8.29. The molecule has 0 aliphatic carbocycles. The zero-order chi connectivity index (χ0) is 23.2. The summed E-state index contributed by atoms with van der Waals surface area (Å²) >= 11 is 16.7. The highest BCUT2D eigenvalue weighted by molar-refractivity contribution is 8.06. The smallest absolute Gasteiger partial charge is 0.166 e. The van der Waals surface area contributed by atoms with Crippen LogP contribution in [-0.2, 0) is 0 Å². The quantitative estimate of drug-likeness (QED) is 0.289. The fraction of sp³-hybridized carbons (Fsp3) is 0.500. The summed E-state index contributed by atoms with van der Waals surface area (Å²) < 4.78 is 0. The minimum absolute atomic E-state index is 0.154. The molecule has 0 fully saturated rings. The first-order valence-corrected chi connectivity index (χ1v) is 26.0. The van der Waals surface area contributed by atoms with Crippen molar-refractivity contribution in [2.24, 2.45) is 0 Å². The van der Waals surface area contributed by atoms with Crippen molar-refractivity contribution in [1.29, 1.82) is 0 Å². The van der Waals surface area contributed by atoms with E-state index >= 15 is 0 Å². The summed E-state index contributed by atoms with van der Waals surface area (Å²) in [4.78, 5) is 0. The molecule has 0 bridgehead atoms. The average Bonchev–Trinajstić information content (AvgIpc) is 2.66. The first-order valence-electron chi connectivity index (χ1n) is 10.9. The molecule has 0 saturated heterocycles. The van der Waals surface area contributed by atoms with Crippen LogP contribution in [0.4, 0.5) is 0 Å². The molecule has 0 aliphatic rings. The number of hydrogen-bond acceptors (Lipinski definition) is 0. The minimum Gasteiger partial charge on any atom is -0.166 e. The first kappa shape index (κ1) is 26.1. The Morgan fingerprint density at radius 1 is 0.500 bits per heavy atom. The van der Waals surface area contributed by atoms with E-state index in [1.165, 1.54) is 10.4 Å². The van der Waals surface area contributed by atoms with E-state index in [1.807, 2.05) is 0 Å². The summed E-state index contributed by atoms with van der Waals surface area (Å²) in [6.45, 7) is 24.5. The molecule has 0 aromatic heterocycles. The van der Waals surface area contributed by atoms with Gasteiger partial charge in [-0.05, 0) is 20.4 Å². The maximum atomic E-state index is 8.34. The van der Waals surface area contributed by atoms with Crippen LogP contribution in [0.5, 0.6) is 0 Å². The van der Waals surface area contributed by atoms with Gasteiger partial charge in [0.05, 0.1) is 15.2 Å². The summed E-state index contributed by atoms with van der Waals surface area (Å²) in [5, 5.41) is 3.02. The summed E-state index contributed by atoms with van der Waals surface area (Å²) in [5.41, 5.74) is 0. The monoisotopic (exact) mass is 510 g/mol. The van der Waals surface area contributed by atoms with Gasteiger partial charge in [-0.1, -0.05) is 128 Å². The lowest BCUT2D eigenvalue weighted by Gasteiger charge is -2.60. The number of rotatable bonds is 5. The van der Waals surface area contributed by atoms with Crippen molar-refractivity contribution in [2.75, 3.05) is 0 Å². The van der Waals surface area contributed by atoms with Crippen LogP contribution in [0.25, 0.3) is 0 Å². The van der Waals surface area contributed by atoms with Gasteiger partial charge in [-0.3, -0.25) is 0 Å². The summed E-state index contributed by atoms with van der Waals surface area (Å²) in [6, 6.07) is 22.0. The second kappa shape index (κ2) is 8.34.